The van der Waals surface area contributed by atoms with Crippen molar-refractivity contribution < 1.29 is 4.74 Å². The van der Waals surface area contributed by atoms with E-state index in [-0.39, 0.29) is 0 Å². The zero-order chi connectivity index (χ0) is 12.8. The highest BCUT2D eigenvalue weighted by Gasteiger charge is 2.17. The van der Waals surface area contributed by atoms with Gasteiger partial charge in [-0.2, -0.15) is 0 Å². The summed E-state index contributed by atoms with van der Waals surface area (Å²) in [6, 6.07) is 8.52. The summed E-state index contributed by atoms with van der Waals surface area (Å²) < 4.78 is 5.80. The Balaban J connectivity index is 2.00. The van der Waals surface area contributed by atoms with Crippen LogP contribution in [0.15, 0.2) is 24.3 Å². The summed E-state index contributed by atoms with van der Waals surface area (Å²) in [5.41, 5.74) is 8.29. The fourth-order valence-corrected chi connectivity index (χ4v) is 2.61. The van der Waals surface area contributed by atoms with E-state index in [1.54, 1.807) is 0 Å². The van der Waals surface area contributed by atoms with E-state index < -0.39 is 0 Å². The molecule has 2 rings (SSSR count). The lowest BCUT2D eigenvalue weighted by molar-refractivity contribution is 0.0216. The Morgan fingerprint density at radius 2 is 2.17 bits per heavy atom. The Bertz CT molecular complexity index is 361. The molecule has 1 aliphatic rings. The summed E-state index contributed by atoms with van der Waals surface area (Å²) >= 11 is 0. The minimum Gasteiger partial charge on any atom is -0.376 e. The topological polar surface area (TPSA) is 38.5 Å². The third-order valence-electron chi connectivity index (χ3n) is 3.57. The van der Waals surface area contributed by atoms with Crippen molar-refractivity contribution in [1.29, 1.82) is 0 Å². The molecule has 0 spiro atoms. The van der Waals surface area contributed by atoms with Crippen molar-refractivity contribution in [2.45, 2.75) is 31.8 Å². The Kier molecular flexibility index (Phi) is 5.02. The second-order valence-corrected chi connectivity index (χ2v) is 5.04. The number of nitrogens with two attached hydrogens (primary N) is 1. The van der Waals surface area contributed by atoms with Crippen LogP contribution in [0.3, 0.4) is 0 Å². The van der Waals surface area contributed by atoms with Gasteiger partial charge in [0.2, 0.25) is 0 Å². The van der Waals surface area contributed by atoms with Gasteiger partial charge in [-0.05, 0) is 43.9 Å². The van der Waals surface area contributed by atoms with Crippen molar-refractivity contribution in [3.05, 3.63) is 29.8 Å². The maximum absolute atomic E-state index is 5.80. The zero-order valence-corrected chi connectivity index (χ0v) is 11.3. The maximum atomic E-state index is 5.80. The van der Waals surface area contributed by atoms with Crippen LogP contribution >= 0.6 is 0 Å². The lowest BCUT2D eigenvalue weighted by Gasteiger charge is -2.29. The van der Waals surface area contributed by atoms with Gasteiger partial charge >= 0.3 is 0 Å². The standard InChI is InChI=1S/C15H24N2O/c1-17(12-14-7-4-5-11-18-14)15-8-3-2-6-13(15)9-10-16/h2-3,6,8,14H,4-5,7,9-12,16H2,1H3. The van der Waals surface area contributed by atoms with Gasteiger partial charge in [-0.25, -0.2) is 0 Å². The number of rotatable bonds is 5. The monoisotopic (exact) mass is 248 g/mol. The largest absolute Gasteiger partial charge is 0.376 e. The summed E-state index contributed by atoms with van der Waals surface area (Å²) in [5.74, 6) is 0. The van der Waals surface area contributed by atoms with Crippen molar-refractivity contribution in [2.75, 3.05) is 31.6 Å². The molecule has 2 N–H and O–H groups in total. The maximum Gasteiger partial charge on any atom is 0.0749 e. The van der Waals surface area contributed by atoms with Gasteiger partial charge < -0.3 is 15.4 Å². The summed E-state index contributed by atoms with van der Waals surface area (Å²) in [5, 5.41) is 0. The molecule has 0 amide bonds. The van der Waals surface area contributed by atoms with Crippen molar-refractivity contribution in [3.8, 4) is 0 Å². The van der Waals surface area contributed by atoms with Crippen LogP contribution in [0.1, 0.15) is 24.8 Å². The molecule has 1 aromatic carbocycles. The quantitative estimate of drug-likeness (QED) is 0.868. The number of para-hydroxylation sites is 1. The van der Waals surface area contributed by atoms with Crippen molar-refractivity contribution >= 4 is 5.69 Å². The van der Waals surface area contributed by atoms with Crippen molar-refractivity contribution in [2.24, 2.45) is 5.73 Å². The third-order valence-corrected chi connectivity index (χ3v) is 3.57. The van der Waals surface area contributed by atoms with Gasteiger partial charge in [0, 0.05) is 25.9 Å². The van der Waals surface area contributed by atoms with Crippen molar-refractivity contribution in [3.63, 3.8) is 0 Å². The molecule has 100 valence electrons. The summed E-state index contributed by atoms with van der Waals surface area (Å²) in [4.78, 5) is 2.31. The fraction of sp³-hybridized carbons (Fsp3) is 0.600. The van der Waals surface area contributed by atoms with E-state index in [4.69, 9.17) is 10.5 Å². The molecular formula is C15H24N2O. The molecule has 0 radical (unpaired) electrons. The number of nitrogens with zero attached hydrogens (tertiary/aromatic N) is 1. The van der Waals surface area contributed by atoms with E-state index >= 15 is 0 Å². The molecule has 1 heterocycles. The minimum absolute atomic E-state index is 0.384. The van der Waals surface area contributed by atoms with Crippen LogP contribution in [0, 0.1) is 0 Å². The third kappa shape index (κ3) is 3.47. The molecule has 0 aliphatic carbocycles. The Morgan fingerprint density at radius 3 is 2.89 bits per heavy atom. The molecule has 3 nitrogen and oxygen atoms in total. The summed E-state index contributed by atoms with van der Waals surface area (Å²) in [6.07, 6.45) is 5.01. The number of hydrogen-bond donors (Lipinski definition) is 1. The second kappa shape index (κ2) is 6.76. The average Bonchev–Trinajstić information content (AvgIpc) is 2.41. The van der Waals surface area contributed by atoms with Gasteiger partial charge in [-0.15, -0.1) is 0 Å². The van der Waals surface area contributed by atoms with Crippen LogP contribution in [-0.2, 0) is 11.2 Å². The normalized spacial score (nSPS) is 19.8. The molecular weight excluding hydrogens is 224 g/mol. The predicted octanol–water partition coefficient (Wildman–Crippen LogP) is 2.19. The highest BCUT2D eigenvalue weighted by Crippen LogP contribution is 2.22. The SMILES string of the molecule is CN(CC1CCCCO1)c1ccccc1CCN. The van der Waals surface area contributed by atoms with E-state index in [2.05, 4.69) is 36.2 Å². The first kappa shape index (κ1) is 13.4. The lowest BCUT2D eigenvalue weighted by Crippen LogP contribution is -2.33. The molecule has 1 aromatic rings. The van der Waals surface area contributed by atoms with Gasteiger partial charge in [0.1, 0.15) is 0 Å². The molecule has 0 bridgehead atoms. The molecule has 1 unspecified atom stereocenters. The lowest BCUT2D eigenvalue weighted by atomic mass is 10.1. The van der Waals surface area contributed by atoms with Gasteiger partial charge in [-0.3, -0.25) is 0 Å². The number of benzene rings is 1. The number of likely N-dealkylation sites (N-methyl/N-ethyl adjacent to an activating group) is 1. The zero-order valence-electron chi connectivity index (χ0n) is 11.3. The first-order chi connectivity index (χ1) is 8.81. The van der Waals surface area contributed by atoms with Crippen LogP contribution < -0.4 is 10.6 Å². The van der Waals surface area contributed by atoms with E-state index in [1.807, 2.05) is 0 Å². The van der Waals surface area contributed by atoms with Crippen LogP contribution in [0.2, 0.25) is 0 Å². The molecule has 1 aliphatic heterocycles. The molecule has 1 fully saturated rings. The Hall–Kier alpha value is -1.06. The van der Waals surface area contributed by atoms with Crippen LogP contribution in [0.25, 0.3) is 0 Å². The number of anilines is 1. The van der Waals surface area contributed by atoms with Crippen LogP contribution in [-0.4, -0.2) is 32.8 Å². The Morgan fingerprint density at radius 1 is 1.33 bits per heavy atom. The molecule has 1 saturated heterocycles. The van der Waals surface area contributed by atoms with E-state index in [1.165, 1.54) is 30.5 Å². The first-order valence-corrected chi connectivity index (χ1v) is 6.92. The number of hydrogen-bond acceptors (Lipinski definition) is 3. The molecule has 3 heteroatoms. The molecule has 18 heavy (non-hydrogen) atoms. The number of ether oxygens (including phenoxy) is 1. The average molecular weight is 248 g/mol. The van der Waals surface area contributed by atoms with E-state index in [0.29, 0.717) is 12.6 Å². The second-order valence-electron chi connectivity index (χ2n) is 5.04. The minimum atomic E-state index is 0.384. The van der Waals surface area contributed by atoms with Crippen molar-refractivity contribution in [1.82, 2.24) is 0 Å². The first-order valence-electron chi connectivity index (χ1n) is 6.92. The highest BCUT2D eigenvalue weighted by atomic mass is 16.5. The van der Waals surface area contributed by atoms with Gasteiger partial charge in [0.25, 0.3) is 0 Å². The van der Waals surface area contributed by atoms with E-state index in [9.17, 15) is 0 Å². The molecule has 1 atom stereocenters. The van der Waals surface area contributed by atoms with Crippen LogP contribution in [0.5, 0.6) is 0 Å². The fourth-order valence-electron chi connectivity index (χ4n) is 2.61. The van der Waals surface area contributed by atoms with Gasteiger partial charge in [0.15, 0.2) is 0 Å². The molecule has 0 saturated carbocycles. The van der Waals surface area contributed by atoms with Gasteiger partial charge in [0.05, 0.1) is 6.10 Å². The van der Waals surface area contributed by atoms with Gasteiger partial charge in [-0.1, -0.05) is 18.2 Å². The molecule has 0 aromatic heterocycles. The van der Waals surface area contributed by atoms with Crippen LogP contribution in [0.4, 0.5) is 5.69 Å². The predicted molar refractivity (Wildman–Crippen MR) is 76.1 cm³/mol. The summed E-state index contributed by atoms with van der Waals surface area (Å²) in [6.45, 7) is 2.59. The smallest absolute Gasteiger partial charge is 0.0749 e. The summed E-state index contributed by atoms with van der Waals surface area (Å²) in [7, 11) is 2.15. The highest BCUT2D eigenvalue weighted by molar-refractivity contribution is 5.53. The van der Waals surface area contributed by atoms with E-state index in [0.717, 1.165) is 19.6 Å². The Labute approximate surface area is 110 Å².